The van der Waals surface area contributed by atoms with E-state index in [1.54, 1.807) is 42.4 Å². The monoisotopic (exact) mass is 483 g/mol. The van der Waals surface area contributed by atoms with Gasteiger partial charge in [0, 0.05) is 25.9 Å². The van der Waals surface area contributed by atoms with Crippen LogP contribution >= 0.6 is 0 Å². The van der Waals surface area contributed by atoms with Gasteiger partial charge in [0.25, 0.3) is 5.91 Å². The smallest absolute Gasteiger partial charge is 0.252 e. The molecule has 1 amide bonds. The molecule has 9 heteroatoms. The Bertz CT molecular complexity index is 1460. The number of nitrogens with one attached hydrogen (secondary N) is 1. The number of fused-ring (bicyclic) bond motifs is 1. The van der Waals surface area contributed by atoms with E-state index in [0.717, 1.165) is 17.0 Å². The summed E-state index contributed by atoms with van der Waals surface area (Å²) in [5.74, 6) is 1.64. The molecular formula is C27H25N5O4. The Morgan fingerprint density at radius 1 is 1.06 bits per heavy atom. The Labute approximate surface area is 207 Å². The summed E-state index contributed by atoms with van der Waals surface area (Å²) >= 11 is 0. The first-order valence-corrected chi connectivity index (χ1v) is 11.5. The first kappa shape index (κ1) is 23.1. The van der Waals surface area contributed by atoms with Crippen LogP contribution in [-0.4, -0.2) is 38.9 Å². The second-order valence-electron chi connectivity index (χ2n) is 8.14. The summed E-state index contributed by atoms with van der Waals surface area (Å²) in [6.45, 7) is 2.96. The van der Waals surface area contributed by atoms with Crippen molar-refractivity contribution in [2.24, 2.45) is 7.05 Å². The summed E-state index contributed by atoms with van der Waals surface area (Å²) in [6, 6.07) is 18.5. The quantitative estimate of drug-likeness (QED) is 0.311. The molecule has 182 valence electrons. The minimum atomic E-state index is -0.232. The largest absolute Gasteiger partial charge is 0.490 e. The molecule has 0 aliphatic rings. The number of nitrogens with zero attached hydrogens (tertiary/aromatic N) is 4. The molecule has 0 atom stereocenters. The van der Waals surface area contributed by atoms with Gasteiger partial charge >= 0.3 is 0 Å². The molecule has 0 radical (unpaired) electrons. The average Bonchev–Trinajstić information content (AvgIpc) is 3.54. The maximum Gasteiger partial charge on any atom is 0.252 e. The van der Waals surface area contributed by atoms with Crippen LogP contribution in [0, 0.1) is 6.92 Å². The molecule has 0 fully saturated rings. The molecule has 1 aromatic carbocycles. The van der Waals surface area contributed by atoms with Gasteiger partial charge in [-0.1, -0.05) is 24.3 Å². The molecule has 4 aromatic heterocycles. The van der Waals surface area contributed by atoms with Crippen molar-refractivity contribution < 1.29 is 18.7 Å². The fourth-order valence-corrected chi connectivity index (χ4v) is 3.88. The van der Waals surface area contributed by atoms with Crippen molar-refractivity contribution in [3.05, 3.63) is 89.9 Å². The zero-order chi connectivity index (χ0) is 24.9. The van der Waals surface area contributed by atoms with Crippen LogP contribution < -0.4 is 14.8 Å². The molecule has 0 saturated carbocycles. The number of pyridine rings is 2. The van der Waals surface area contributed by atoms with Gasteiger partial charge < -0.3 is 19.2 Å². The third kappa shape index (κ3) is 5.05. The molecule has 0 spiro atoms. The van der Waals surface area contributed by atoms with Crippen LogP contribution in [0.25, 0.3) is 22.5 Å². The van der Waals surface area contributed by atoms with Crippen molar-refractivity contribution in [1.82, 2.24) is 25.1 Å². The molecule has 1 N–H and O–H groups in total. The molecule has 0 aliphatic carbocycles. The molecule has 0 saturated heterocycles. The standard InChI is InChI=1S/C27H25N5O4/c1-18-25-21(15-22(23-9-6-12-35-23)30-26(25)32(2)31-18)27(33)29-17-19-10-11-24(28-16-19)36-14-13-34-20-7-4-3-5-8-20/h3-12,15-16H,13-14,17H2,1-2H3,(H,29,33). The summed E-state index contributed by atoms with van der Waals surface area (Å²) < 4.78 is 18.4. The van der Waals surface area contributed by atoms with E-state index in [0.29, 0.717) is 53.7 Å². The van der Waals surface area contributed by atoms with Gasteiger partial charge in [0.05, 0.1) is 22.9 Å². The Morgan fingerprint density at radius 2 is 1.89 bits per heavy atom. The van der Waals surface area contributed by atoms with Crippen molar-refractivity contribution in [2.45, 2.75) is 13.5 Å². The predicted octanol–water partition coefficient (Wildman–Crippen LogP) is 4.32. The van der Waals surface area contributed by atoms with Gasteiger partial charge in [-0.2, -0.15) is 5.10 Å². The number of hydrogen-bond donors (Lipinski definition) is 1. The van der Waals surface area contributed by atoms with Crippen LogP contribution in [0.1, 0.15) is 21.6 Å². The lowest BCUT2D eigenvalue weighted by atomic mass is 10.1. The van der Waals surface area contributed by atoms with Crippen molar-refractivity contribution in [1.29, 1.82) is 0 Å². The van der Waals surface area contributed by atoms with E-state index in [4.69, 9.17) is 13.9 Å². The number of para-hydroxylation sites is 1. The summed E-state index contributed by atoms with van der Waals surface area (Å²) in [5, 5.41) is 8.13. The van der Waals surface area contributed by atoms with Crippen molar-refractivity contribution in [2.75, 3.05) is 13.2 Å². The number of amides is 1. The lowest BCUT2D eigenvalue weighted by Crippen LogP contribution is -2.23. The van der Waals surface area contributed by atoms with E-state index in [9.17, 15) is 4.79 Å². The third-order valence-corrected chi connectivity index (χ3v) is 5.58. The zero-order valence-electron chi connectivity index (χ0n) is 20.0. The van der Waals surface area contributed by atoms with Gasteiger partial charge in [0.15, 0.2) is 11.4 Å². The first-order chi connectivity index (χ1) is 17.6. The van der Waals surface area contributed by atoms with E-state index < -0.39 is 0 Å². The highest BCUT2D eigenvalue weighted by atomic mass is 16.5. The van der Waals surface area contributed by atoms with Gasteiger partial charge in [-0.15, -0.1) is 0 Å². The number of carbonyl (C=O) groups is 1. The Balaban J connectivity index is 1.22. The topological polar surface area (TPSA) is 104 Å². The SMILES string of the molecule is Cc1nn(C)c2nc(-c3ccco3)cc(C(=O)NCc3ccc(OCCOc4ccccc4)nc3)c12. The Hall–Kier alpha value is -4.66. The number of benzene rings is 1. The molecule has 0 unspecified atom stereocenters. The molecule has 0 aliphatic heterocycles. The van der Waals surface area contributed by atoms with Gasteiger partial charge in [-0.25, -0.2) is 9.97 Å². The van der Waals surface area contributed by atoms with E-state index >= 15 is 0 Å². The Morgan fingerprint density at radius 3 is 2.64 bits per heavy atom. The third-order valence-electron chi connectivity index (χ3n) is 5.58. The number of furan rings is 1. The lowest BCUT2D eigenvalue weighted by Gasteiger charge is -2.10. The van der Waals surface area contributed by atoms with Crippen molar-refractivity contribution in [3.63, 3.8) is 0 Å². The zero-order valence-corrected chi connectivity index (χ0v) is 20.0. The van der Waals surface area contributed by atoms with Gasteiger partial charge in [-0.05, 0) is 42.8 Å². The minimum Gasteiger partial charge on any atom is -0.490 e. The second kappa shape index (κ2) is 10.3. The van der Waals surface area contributed by atoms with E-state index in [-0.39, 0.29) is 5.91 Å². The molecule has 9 nitrogen and oxygen atoms in total. The molecule has 0 bridgehead atoms. The van der Waals surface area contributed by atoms with Crippen LogP contribution in [-0.2, 0) is 13.6 Å². The van der Waals surface area contributed by atoms with E-state index in [1.165, 1.54) is 0 Å². The fourth-order valence-electron chi connectivity index (χ4n) is 3.88. The first-order valence-electron chi connectivity index (χ1n) is 11.5. The maximum absolute atomic E-state index is 13.2. The summed E-state index contributed by atoms with van der Waals surface area (Å²) in [6.07, 6.45) is 3.26. The normalized spacial score (nSPS) is 10.9. The van der Waals surface area contributed by atoms with E-state index in [1.807, 2.05) is 49.4 Å². The molecule has 4 heterocycles. The van der Waals surface area contributed by atoms with Gasteiger partial charge in [0.1, 0.15) is 24.7 Å². The number of carbonyl (C=O) groups excluding carboxylic acids is 1. The number of rotatable bonds is 9. The second-order valence-corrected chi connectivity index (χ2v) is 8.14. The summed E-state index contributed by atoms with van der Waals surface area (Å²) in [5.41, 5.74) is 3.25. The highest BCUT2D eigenvalue weighted by Crippen LogP contribution is 2.27. The number of aryl methyl sites for hydroxylation is 2. The van der Waals surface area contributed by atoms with Crippen LogP contribution in [0.3, 0.4) is 0 Å². The van der Waals surface area contributed by atoms with Gasteiger partial charge in [0.2, 0.25) is 5.88 Å². The maximum atomic E-state index is 13.2. The van der Waals surface area contributed by atoms with Crippen LogP contribution in [0.2, 0.25) is 0 Å². The molecule has 5 rings (SSSR count). The van der Waals surface area contributed by atoms with Gasteiger partial charge in [-0.3, -0.25) is 9.48 Å². The van der Waals surface area contributed by atoms with Crippen LogP contribution in [0.15, 0.2) is 77.5 Å². The number of aromatic nitrogens is 4. The lowest BCUT2D eigenvalue weighted by molar-refractivity contribution is 0.0952. The van der Waals surface area contributed by atoms with Crippen molar-refractivity contribution in [3.8, 4) is 23.1 Å². The van der Waals surface area contributed by atoms with Crippen molar-refractivity contribution >= 4 is 16.9 Å². The Kier molecular flexibility index (Phi) is 6.61. The minimum absolute atomic E-state index is 0.232. The number of ether oxygens (including phenoxy) is 2. The van der Waals surface area contributed by atoms with Crippen LogP contribution in [0.4, 0.5) is 0 Å². The fraction of sp³-hybridized carbons (Fsp3) is 0.185. The summed E-state index contributed by atoms with van der Waals surface area (Å²) in [4.78, 5) is 22.2. The molecular weight excluding hydrogens is 458 g/mol. The highest BCUT2D eigenvalue weighted by Gasteiger charge is 2.20. The number of hydrogen-bond acceptors (Lipinski definition) is 7. The highest BCUT2D eigenvalue weighted by molar-refractivity contribution is 6.07. The molecule has 5 aromatic rings. The van der Waals surface area contributed by atoms with E-state index in [2.05, 4.69) is 20.4 Å². The van der Waals surface area contributed by atoms with Crippen LogP contribution in [0.5, 0.6) is 11.6 Å². The predicted molar refractivity (Wildman–Crippen MR) is 134 cm³/mol. The average molecular weight is 484 g/mol. The molecule has 36 heavy (non-hydrogen) atoms. The summed E-state index contributed by atoms with van der Waals surface area (Å²) in [7, 11) is 1.80.